The third kappa shape index (κ3) is 2.16. The van der Waals surface area contributed by atoms with Gasteiger partial charge in [-0.3, -0.25) is 4.52 Å². The highest BCUT2D eigenvalue weighted by Gasteiger charge is 2.24. The van der Waals surface area contributed by atoms with Crippen LogP contribution in [0.25, 0.3) is 0 Å². The Morgan fingerprint density at radius 2 is 1.92 bits per heavy atom. The van der Waals surface area contributed by atoms with E-state index in [0.29, 0.717) is 18.3 Å². The van der Waals surface area contributed by atoms with E-state index in [4.69, 9.17) is 4.52 Å². The first-order chi connectivity index (χ1) is 5.56. The van der Waals surface area contributed by atoms with Gasteiger partial charge in [0.25, 0.3) is 0 Å². The molecule has 0 aromatic rings. The molecule has 0 bridgehead atoms. The molecule has 0 atom stereocenters. The van der Waals surface area contributed by atoms with E-state index in [0.717, 1.165) is 0 Å². The average molecular weight is 189 g/mol. The first-order valence-corrected chi connectivity index (χ1v) is 5.24. The van der Waals surface area contributed by atoms with Gasteiger partial charge >= 0.3 is 7.67 Å². The number of hydrogen-bond acceptors (Lipinski definition) is 3. The first kappa shape index (κ1) is 9.42. The summed E-state index contributed by atoms with van der Waals surface area (Å²) in [5, 5.41) is 2.84. The number of rotatable bonds is 2. The maximum absolute atomic E-state index is 11.6. The molecule has 0 aromatic carbocycles. The lowest BCUT2D eigenvalue weighted by atomic mass is 10.6. The molecule has 12 heavy (non-hydrogen) atoms. The molecule has 6 heteroatoms. The Morgan fingerprint density at radius 3 is 2.33 bits per heavy atom. The molecule has 0 aliphatic carbocycles. The standard InChI is InChI=1S/C6H12N3O2P/c1-4-11-12(10)8-5(2)7-6(3)9-12/h4H2,1-3H3,(H,7,8,9,10). The van der Waals surface area contributed by atoms with Crippen LogP contribution in [-0.4, -0.2) is 18.3 Å². The summed E-state index contributed by atoms with van der Waals surface area (Å²) >= 11 is 0. The minimum absolute atomic E-state index is 0.352. The molecule has 0 amide bonds. The Bertz CT molecular complexity index is 263. The van der Waals surface area contributed by atoms with Gasteiger partial charge in [-0.1, -0.05) is 0 Å². The highest BCUT2D eigenvalue weighted by molar-refractivity contribution is 7.56. The van der Waals surface area contributed by atoms with Crippen LogP contribution >= 0.6 is 7.67 Å². The Labute approximate surface area is 71.5 Å². The predicted molar refractivity (Wildman–Crippen MR) is 48.6 cm³/mol. The van der Waals surface area contributed by atoms with Crippen molar-refractivity contribution in [1.82, 2.24) is 5.32 Å². The van der Waals surface area contributed by atoms with E-state index in [2.05, 4.69) is 14.8 Å². The van der Waals surface area contributed by atoms with Crippen molar-refractivity contribution >= 4 is 19.3 Å². The summed E-state index contributed by atoms with van der Waals surface area (Å²) in [6, 6.07) is 0. The zero-order chi connectivity index (χ0) is 9.19. The fraction of sp³-hybridized carbons (Fsp3) is 0.667. The van der Waals surface area contributed by atoms with Gasteiger partial charge in [0.1, 0.15) is 11.7 Å². The van der Waals surface area contributed by atoms with E-state index in [9.17, 15) is 4.57 Å². The predicted octanol–water partition coefficient (Wildman–Crippen LogP) is 1.57. The summed E-state index contributed by atoms with van der Waals surface area (Å²) in [6.45, 7) is 5.57. The van der Waals surface area contributed by atoms with Crippen molar-refractivity contribution < 1.29 is 9.09 Å². The maximum atomic E-state index is 11.6. The van der Waals surface area contributed by atoms with Crippen LogP contribution in [0, 0.1) is 0 Å². The summed E-state index contributed by atoms with van der Waals surface area (Å²) in [6.07, 6.45) is 0. The lowest BCUT2D eigenvalue weighted by Gasteiger charge is -2.16. The number of amidine groups is 2. The molecule has 0 fully saturated rings. The normalized spacial score (nSPS) is 20.9. The largest absolute Gasteiger partial charge is 0.437 e. The zero-order valence-electron chi connectivity index (χ0n) is 7.37. The molecule has 1 aliphatic heterocycles. The minimum Gasteiger partial charge on any atom is -0.332 e. The van der Waals surface area contributed by atoms with E-state index in [1.807, 2.05) is 0 Å². The van der Waals surface area contributed by atoms with Gasteiger partial charge in [0, 0.05) is 0 Å². The fourth-order valence-electron chi connectivity index (χ4n) is 0.939. The van der Waals surface area contributed by atoms with Crippen LogP contribution in [0.3, 0.4) is 0 Å². The molecule has 0 unspecified atom stereocenters. The van der Waals surface area contributed by atoms with Gasteiger partial charge in [-0.2, -0.15) is 9.53 Å². The number of nitrogens with zero attached hydrogens (tertiary/aromatic N) is 2. The molecule has 1 heterocycles. The van der Waals surface area contributed by atoms with Crippen molar-refractivity contribution in [3.05, 3.63) is 0 Å². The second-order valence-corrected chi connectivity index (χ2v) is 4.04. The second kappa shape index (κ2) is 3.37. The molecule has 0 saturated heterocycles. The zero-order valence-corrected chi connectivity index (χ0v) is 8.26. The molecular weight excluding hydrogens is 177 g/mol. The highest BCUT2D eigenvalue weighted by atomic mass is 31.2. The number of nitrogens with one attached hydrogen (secondary N) is 1. The van der Waals surface area contributed by atoms with Crippen LogP contribution in [0.15, 0.2) is 9.53 Å². The van der Waals surface area contributed by atoms with Crippen molar-refractivity contribution in [2.45, 2.75) is 20.8 Å². The average Bonchev–Trinajstić information content (AvgIpc) is 1.82. The van der Waals surface area contributed by atoms with E-state index in [-0.39, 0.29) is 0 Å². The van der Waals surface area contributed by atoms with Crippen molar-refractivity contribution in [2.75, 3.05) is 6.61 Å². The molecule has 5 nitrogen and oxygen atoms in total. The smallest absolute Gasteiger partial charge is 0.332 e. The van der Waals surface area contributed by atoms with E-state index < -0.39 is 7.67 Å². The summed E-state index contributed by atoms with van der Waals surface area (Å²) in [5.74, 6) is 1.17. The molecule has 1 N–H and O–H groups in total. The molecular formula is C6H12N3O2P. The van der Waals surface area contributed by atoms with E-state index in [1.165, 1.54) is 0 Å². The molecule has 1 aliphatic rings. The minimum atomic E-state index is -3.11. The van der Waals surface area contributed by atoms with Crippen molar-refractivity contribution in [3.8, 4) is 0 Å². The SMILES string of the molecule is CCOP1(=O)N=C(C)NC(C)=N1. The van der Waals surface area contributed by atoms with Crippen LogP contribution in [-0.2, 0) is 9.09 Å². The van der Waals surface area contributed by atoms with Crippen LogP contribution in [0.1, 0.15) is 20.8 Å². The van der Waals surface area contributed by atoms with Crippen molar-refractivity contribution in [3.63, 3.8) is 0 Å². The maximum Gasteiger partial charge on any atom is 0.437 e. The van der Waals surface area contributed by atoms with Crippen LogP contribution in [0.2, 0.25) is 0 Å². The van der Waals surface area contributed by atoms with Crippen LogP contribution < -0.4 is 5.32 Å². The van der Waals surface area contributed by atoms with E-state index >= 15 is 0 Å². The van der Waals surface area contributed by atoms with Crippen molar-refractivity contribution in [2.24, 2.45) is 9.53 Å². The van der Waals surface area contributed by atoms with Gasteiger partial charge in [-0.25, -0.2) is 4.57 Å². The summed E-state index contributed by atoms with van der Waals surface area (Å²) in [7, 11) is -3.11. The lowest BCUT2D eigenvalue weighted by molar-refractivity contribution is 0.334. The van der Waals surface area contributed by atoms with Gasteiger partial charge < -0.3 is 5.32 Å². The van der Waals surface area contributed by atoms with Crippen LogP contribution in [0.4, 0.5) is 0 Å². The fourth-order valence-corrected chi connectivity index (χ4v) is 2.29. The molecule has 0 aromatic heterocycles. The first-order valence-electron chi connectivity index (χ1n) is 3.71. The molecule has 1 rings (SSSR count). The molecule has 0 spiro atoms. The van der Waals surface area contributed by atoms with Gasteiger partial charge in [0.05, 0.1) is 6.61 Å². The quantitative estimate of drug-likeness (QED) is 0.670. The Balaban J connectivity index is 2.89. The molecule has 68 valence electrons. The third-order valence-corrected chi connectivity index (χ3v) is 2.91. The lowest BCUT2D eigenvalue weighted by Crippen LogP contribution is -2.28. The van der Waals surface area contributed by atoms with Gasteiger partial charge in [-0.05, 0) is 20.8 Å². The van der Waals surface area contributed by atoms with Gasteiger partial charge in [0.2, 0.25) is 0 Å². The Kier molecular flexibility index (Phi) is 2.65. The summed E-state index contributed by atoms with van der Waals surface area (Å²) in [5.41, 5.74) is 0. The Hall–Kier alpha value is -0.670. The summed E-state index contributed by atoms with van der Waals surface area (Å²) in [4.78, 5) is 0. The second-order valence-electron chi connectivity index (χ2n) is 2.40. The molecule has 0 radical (unpaired) electrons. The topological polar surface area (TPSA) is 63.0 Å². The van der Waals surface area contributed by atoms with E-state index in [1.54, 1.807) is 20.8 Å². The Morgan fingerprint density at radius 1 is 1.42 bits per heavy atom. The van der Waals surface area contributed by atoms with Gasteiger partial charge in [-0.15, -0.1) is 0 Å². The highest BCUT2D eigenvalue weighted by Crippen LogP contribution is 2.51. The number of hydrogen-bond donors (Lipinski definition) is 1. The van der Waals surface area contributed by atoms with Crippen LogP contribution in [0.5, 0.6) is 0 Å². The monoisotopic (exact) mass is 189 g/mol. The third-order valence-electron chi connectivity index (χ3n) is 1.21. The van der Waals surface area contributed by atoms with Gasteiger partial charge in [0.15, 0.2) is 0 Å². The summed E-state index contributed by atoms with van der Waals surface area (Å²) < 4.78 is 24.2. The van der Waals surface area contributed by atoms with Crippen molar-refractivity contribution in [1.29, 1.82) is 0 Å². The molecule has 0 saturated carbocycles.